The van der Waals surface area contributed by atoms with Crippen LogP contribution in [0.25, 0.3) is 0 Å². The number of carbonyl (C=O) groups excluding carboxylic acids is 1. The summed E-state index contributed by atoms with van der Waals surface area (Å²) in [6.07, 6.45) is 0.338. The summed E-state index contributed by atoms with van der Waals surface area (Å²) in [6, 6.07) is 8.12. The molecule has 0 saturated heterocycles. The van der Waals surface area contributed by atoms with Gasteiger partial charge in [0.25, 0.3) is 0 Å². The maximum atomic E-state index is 11.6. The first-order chi connectivity index (χ1) is 8.40. The van der Waals surface area contributed by atoms with Crippen molar-refractivity contribution >= 4 is 17.3 Å². The molecule has 0 spiro atoms. The molecule has 0 aromatic heterocycles. The van der Waals surface area contributed by atoms with Gasteiger partial charge in [-0.15, -0.1) is 0 Å². The second-order valence-electron chi connectivity index (χ2n) is 4.98. The van der Waals surface area contributed by atoms with E-state index >= 15 is 0 Å². The third-order valence-electron chi connectivity index (χ3n) is 2.82. The summed E-state index contributed by atoms with van der Waals surface area (Å²) in [5.41, 5.74) is 7.49. The molecule has 0 saturated carbocycles. The van der Waals surface area contributed by atoms with E-state index in [0.717, 1.165) is 11.4 Å². The summed E-state index contributed by atoms with van der Waals surface area (Å²) in [5.74, 6) is -0.0469. The van der Waals surface area contributed by atoms with Gasteiger partial charge in [-0.2, -0.15) is 0 Å². The van der Waals surface area contributed by atoms with Crippen LogP contribution in [0.5, 0.6) is 0 Å². The fourth-order valence-corrected chi connectivity index (χ4v) is 1.61. The molecule has 0 radical (unpaired) electrons. The van der Waals surface area contributed by atoms with Crippen LogP contribution in [0.3, 0.4) is 0 Å². The first kappa shape index (κ1) is 14.5. The molecule has 1 unspecified atom stereocenters. The van der Waals surface area contributed by atoms with E-state index in [4.69, 9.17) is 5.73 Å². The van der Waals surface area contributed by atoms with Crippen molar-refractivity contribution in [2.75, 3.05) is 17.3 Å². The van der Waals surface area contributed by atoms with E-state index in [2.05, 4.69) is 24.1 Å². The monoisotopic (exact) mass is 249 g/mol. The van der Waals surface area contributed by atoms with Crippen LogP contribution in [-0.2, 0) is 4.79 Å². The largest absolute Gasteiger partial charge is 0.372 e. The summed E-state index contributed by atoms with van der Waals surface area (Å²) >= 11 is 0. The highest BCUT2D eigenvalue weighted by Crippen LogP contribution is 2.20. The molecule has 0 aliphatic carbocycles. The van der Waals surface area contributed by atoms with Crippen molar-refractivity contribution in [3.05, 3.63) is 24.3 Å². The molecule has 1 atom stereocenters. The summed E-state index contributed by atoms with van der Waals surface area (Å²) in [7, 11) is 2.04. The van der Waals surface area contributed by atoms with Crippen LogP contribution in [0.15, 0.2) is 24.3 Å². The molecule has 0 aliphatic rings. The van der Waals surface area contributed by atoms with Gasteiger partial charge in [-0.25, -0.2) is 0 Å². The van der Waals surface area contributed by atoms with Gasteiger partial charge in [0.05, 0.1) is 0 Å². The molecule has 0 fully saturated rings. The number of nitrogens with zero attached hydrogens (tertiary/aromatic N) is 1. The Kier molecular flexibility index (Phi) is 5.16. The molecule has 18 heavy (non-hydrogen) atoms. The zero-order valence-corrected chi connectivity index (χ0v) is 11.6. The second-order valence-corrected chi connectivity index (χ2v) is 4.98. The molecule has 1 amide bonds. The first-order valence-corrected chi connectivity index (χ1v) is 6.28. The van der Waals surface area contributed by atoms with Gasteiger partial charge in [0.2, 0.25) is 5.91 Å². The molecule has 1 aromatic carbocycles. The number of amides is 1. The summed E-state index contributed by atoms with van der Waals surface area (Å²) in [6.45, 7) is 6.07. The molecule has 3 N–H and O–H groups in total. The molecule has 0 aliphatic heterocycles. The van der Waals surface area contributed by atoms with Gasteiger partial charge in [0, 0.05) is 36.9 Å². The average molecular weight is 249 g/mol. The summed E-state index contributed by atoms with van der Waals surface area (Å²) in [5, 5.41) is 2.86. The van der Waals surface area contributed by atoms with Gasteiger partial charge in [0.1, 0.15) is 0 Å². The molecule has 1 rings (SSSR count). The predicted molar refractivity (Wildman–Crippen MR) is 76.9 cm³/mol. The van der Waals surface area contributed by atoms with E-state index in [-0.39, 0.29) is 11.9 Å². The number of carbonyl (C=O) groups is 1. The Labute approximate surface area is 109 Å². The standard InChI is InChI=1S/C14H23N3O/c1-10(2)17(4)13-7-5-6-12(9-13)16-14(18)8-11(3)15/h5-7,9-11H,8,15H2,1-4H3,(H,16,18). The third-order valence-corrected chi connectivity index (χ3v) is 2.82. The zero-order chi connectivity index (χ0) is 13.7. The number of benzene rings is 1. The lowest BCUT2D eigenvalue weighted by Crippen LogP contribution is -2.26. The summed E-state index contributed by atoms with van der Waals surface area (Å²) < 4.78 is 0. The minimum absolute atomic E-state index is 0.0469. The predicted octanol–water partition coefficient (Wildman–Crippen LogP) is 2.21. The fraction of sp³-hybridized carbons (Fsp3) is 0.500. The highest BCUT2D eigenvalue weighted by atomic mass is 16.1. The van der Waals surface area contributed by atoms with Gasteiger partial charge < -0.3 is 16.0 Å². The van der Waals surface area contributed by atoms with Crippen molar-refractivity contribution in [1.29, 1.82) is 0 Å². The summed E-state index contributed by atoms with van der Waals surface area (Å²) in [4.78, 5) is 13.8. The van der Waals surface area contributed by atoms with Crippen molar-refractivity contribution in [2.24, 2.45) is 5.73 Å². The Morgan fingerprint density at radius 1 is 1.39 bits per heavy atom. The molecule has 4 heteroatoms. The Bertz CT molecular complexity index is 402. The smallest absolute Gasteiger partial charge is 0.225 e. The molecule has 100 valence electrons. The molecule has 0 heterocycles. The lowest BCUT2D eigenvalue weighted by atomic mass is 10.2. The van der Waals surface area contributed by atoms with Crippen LogP contribution in [-0.4, -0.2) is 25.0 Å². The van der Waals surface area contributed by atoms with Crippen molar-refractivity contribution in [2.45, 2.75) is 39.3 Å². The lowest BCUT2D eigenvalue weighted by molar-refractivity contribution is -0.116. The van der Waals surface area contributed by atoms with Crippen LogP contribution >= 0.6 is 0 Å². The second kappa shape index (κ2) is 6.40. The maximum absolute atomic E-state index is 11.6. The van der Waals surface area contributed by atoms with Crippen LogP contribution < -0.4 is 16.0 Å². The van der Waals surface area contributed by atoms with Crippen molar-refractivity contribution in [1.82, 2.24) is 0 Å². The molecular formula is C14H23N3O. The molecule has 1 aromatic rings. The maximum Gasteiger partial charge on any atom is 0.225 e. The number of hydrogen-bond donors (Lipinski definition) is 2. The normalized spacial score (nSPS) is 12.3. The average Bonchev–Trinajstić information content (AvgIpc) is 2.26. The molecule has 0 bridgehead atoms. The van der Waals surface area contributed by atoms with E-state index in [1.165, 1.54) is 0 Å². The first-order valence-electron chi connectivity index (χ1n) is 6.28. The van der Waals surface area contributed by atoms with E-state index in [0.29, 0.717) is 12.5 Å². The van der Waals surface area contributed by atoms with E-state index in [9.17, 15) is 4.79 Å². The number of nitrogens with one attached hydrogen (secondary N) is 1. The van der Waals surface area contributed by atoms with Crippen molar-refractivity contribution < 1.29 is 4.79 Å². The third kappa shape index (κ3) is 4.37. The minimum Gasteiger partial charge on any atom is -0.372 e. The van der Waals surface area contributed by atoms with Crippen LogP contribution in [0.4, 0.5) is 11.4 Å². The van der Waals surface area contributed by atoms with Gasteiger partial charge in [0.15, 0.2) is 0 Å². The quantitative estimate of drug-likeness (QED) is 0.841. The van der Waals surface area contributed by atoms with Crippen molar-refractivity contribution in [3.63, 3.8) is 0 Å². The van der Waals surface area contributed by atoms with Gasteiger partial charge in [-0.3, -0.25) is 4.79 Å². The number of anilines is 2. The van der Waals surface area contributed by atoms with Crippen LogP contribution in [0.2, 0.25) is 0 Å². The Morgan fingerprint density at radius 3 is 2.61 bits per heavy atom. The lowest BCUT2D eigenvalue weighted by Gasteiger charge is -2.24. The number of rotatable bonds is 5. The van der Waals surface area contributed by atoms with Gasteiger partial charge >= 0.3 is 0 Å². The molecule has 4 nitrogen and oxygen atoms in total. The Morgan fingerprint density at radius 2 is 2.06 bits per heavy atom. The zero-order valence-electron chi connectivity index (χ0n) is 11.6. The van der Waals surface area contributed by atoms with Crippen LogP contribution in [0.1, 0.15) is 27.2 Å². The molecular weight excluding hydrogens is 226 g/mol. The highest BCUT2D eigenvalue weighted by Gasteiger charge is 2.08. The number of nitrogens with two attached hydrogens (primary N) is 1. The topological polar surface area (TPSA) is 58.4 Å². The number of hydrogen-bond acceptors (Lipinski definition) is 3. The Hall–Kier alpha value is -1.55. The highest BCUT2D eigenvalue weighted by molar-refractivity contribution is 5.91. The van der Waals surface area contributed by atoms with Crippen LogP contribution in [0, 0.1) is 0 Å². The van der Waals surface area contributed by atoms with E-state index in [1.807, 2.05) is 38.2 Å². The van der Waals surface area contributed by atoms with E-state index in [1.54, 1.807) is 0 Å². The Balaban J connectivity index is 2.73. The van der Waals surface area contributed by atoms with Gasteiger partial charge in [-0.05, 0) is 39.0 Å². The van der Waals surface area contributed by atoms with Gasteiger partial charge in [-0.1, -0.05) is 6.07 Å². The minimum atomic E-state index is -0.119. The SMILES string of the molecule is CC(N)CC(=O)Nc1cccc(N(C)C(C)C)c1. The van der Waals surface area contributed by atoms with Crippen molar-refractivity contribution in [3.8, 4) is 0 Å². The fourth-order valence-electron chi connectivity index (χ4n) is 1.61. The van der Waals surface area contributed by atoms with E-state index < -0.39 is 0 Å².